The van der Waals surface area contributed by atoms with Crippen LogP contribution < -0.4 is 5.32 Å². The summed E-state index contributed by atoms with van der Waals surface area (Å²) in [4.78, 5) is 2.82. The van der Waals surface area contributed by atoms with E-state index in [1.165, 1.54) is 77.3 Å². The van der Waals surface area contributed by atoms with Gasteiger partial charge in [0, 0.05) is 18.6 Å². The van der Waals surface area contributed by atoms with E-state index >= 15 is 0 Å². The summed E-state index contributed by atoms with van der Waals surface area (Å²) in [5.74, 6) is 0.888. The van der Waals surface area contributed by atoms with Gasteiger partial charge in [0.25, 0.3) is 0 Å². The van der Waals surface area contributed by atoms with Gasteiger partial charge < -0.3 is 10.2 Å². The third-order valence-corrected chi connectivity index (χ3v) is 5.59. The first-order valence-electron chi connectivity index (χ1n) is 9.32. The average molecular weight is 281 g/mol. The van der Waals surface area contributed by atoms with E-state index in [4.69, 9.17) is 0 Å². The lowest BCUT2D eigenvalue weighted by atomic mass is 9.90. The molecule has 0 saturated heterocycles. The molecule has 2 heteroatoms. The Morgan fingerprint density at radius 3 is 2.15 bits per heavy atom. The highest BCUT2D eigenvalue weighted by molar-refractivity contribution is 4.84. The monoisotopic (exact) mass is 280 g/mol. The summed E-state index contributed by atoms with van der Waals surface area (Å²) in [7, 11) is 0. The quantitative estimate of drug-likeness (QED) is 0.734. The van der Waals surface area contributed by atoms with Crippen molar-refractivity contribution in [2.45, 2.75) is 90.1 Å². The fourth-order valence-electron chi connectivity index (χ4n) is 4.42. The van der Waals surface area contributed by atoms with Gasteiger partial charge in [0.1, 0.15) is 0 Å². The van der Waals surface area contributed by atoms with Gasteiger partial charge in [-0.2, -0.15) is 0 Å². The summed E-state index contributed by atoms with van der Waals surface area (Å²) >= 11 is 0. The Labute approximate surface area is 126 Å². The molecule has 0 aliphatic heterocycles. The van der Waals surface area contributed by atoms with Crippen molar-refractivity contribution in [2.75, 3.05) is 19.6 Å². The maximum Gasteiger partial charge on any atom is 0.0107 e. The molecule has 118 valence electrons. The van der Waals surface area contributed by atoms with Crippen molar-refractivity contribution in [3.8, 4) is 0 Å². The minimum absolute atomic E-state index is 0.778. The normalized spacial score (nSPS) is 29.6. The van der Waals surface area contributed by atoms with Crippen LogP contribution in [0, 0.1) is 5.92 Å². The molecule has 2 saturated carbocycles. The van der Waals surface area contributed by atoms with Crippen molar-refractivity contribution in [3.05, 3.63) is 0 Å². The molecule has 2 aliphatic carbocycles. The highest BCUT2D eigenvalue weighted by Crippen LogP contribution is 2.28. The Kier molecular flexibility index (Phi) is 7.37. The predicted molar refractivity (Wildman–Crippen MR) is 88.2 cm³/mol. The zero-order valence-corrected chi connectivity index (χ0v) is 13.9. The van der Waals surface area contributed by atoms with Gasteiger partial charge in [-0.3, -0.25) is 0 Å². The second-order valence-electron chi connectivity index (χ2n) is 6.94. The smallest absolute Gasteiger partial charge is 0.0107 e. The summed E-state index contributed by atoms with van der Waals surface area (Å²) in [5, 5.41) is 3.78. The van der Waals surface area contributed by atoms with Crippen molar-refractivity contribution in [1.29, 1.82) is 0 Å². The van der Waals surface area contributed by atoms with Crippen LogP contribution in [0.5, 0.6) is 0 Å². The molecule has 0 aromatic rings. The first-order valence-corrected chi connectivity index (χ1v) is 9.32. The molecule has 2 fully saturated rings. The third-order valence-electron chi connectivity index (χ3n) is 5.59. The number of nitrogens with zero attached hydrogens (tertiary/aromatic N) is 1. The number of hydrogen-bond donors (Lipinski definition) is 1. The second kappa shape index (κ2) is 9.04. The number of nitrogens with one attached hydrogen (secondary N) is 1. The van der Waals surface area contributed by atoms with E-state index in [0.717, 1.165) is 24.5 Å². The van der Waals surface area contributed by atoms with Gasteiger partial charge in [-0.15, -0.1) is 0 Å². The third kappa shape index (κ3) is 4.73. The van der Waals surface area contributed by atoms with E-state index in [9.17, 15) is 0 Å². The van der Waals surface area contributed by atoms with E-state index in [1.807, 2.05) is 0 Å². The molecule has 0 amide bonds. The van der Waals surface area contributed by atoms with Gasteiger partial charge in [0.15, 0.2) is 0 Å². The fraction of sp³-hybridized carbons (Fsp3) is 1.00. The lowest BCUT2D eigenvalue weighted by Crippen LogP contribution is -2.45. The highest BCUT2D eigenvalue weighted by atomic mass is 15.2. The lowest BCUT2D eigenvalue weighted by Gasteiger charge is -2.38. The molecule has 1 N–H and O–H groups in total. The van der Waals surface area contributed by atoms with Gasteiger partial charge in [0.2, 0.25) is 0 Å². The van der Waals surface area contributed by atoms with Crippen LogP contribution in [0.15, 0.2) is 0 Å². The predicted octanol–water partition coefficient (Wildman–Crippen LogP) is 4.20. The van der Waals surface area contributed by atoms with Crippen LogP contribution in [0.25, 0.3) is 0 Å². The van der Waals surface area contributed by atoms with Crippen LogP contribution in [-0.4, -0.2) is 36.6 Å². The van der Waals surface area contributed by atoms with E-state index in [0.29, 0.717) is 0 Å². The summed E-state index contributed by atoms with van der Waals surface area (Å²) in [5.41, 5.74) is 0. The van der Waals surface area contributed by atoms with Crippen molar-refractivity contribution >= 4 is 0 Å². The largest absolute Gasteiger partial charge is 0.314 e. The van der Waals surface area contributed by atoms with Crippen LogP contribution >= 0.6 is 0 Å². The first-order chi connectivity index (χ1) is 9.85. The Bertz CT molecular complexity index is 248. The van der Waals surface area contributed by atoms with Gasteiger partial charge >= 0.3 is 0 Å². The molecule has 0 aromatic carbocycles. The zero-order chi connectivity index (χ0) is 14.2. The van der Waals surface area contributed by atoms with Crippen LogP contribution in [0.1, 0.15) is 78.1 Å². The zero-order valence-electron chi connectivity index (χ0n) is 13.9. The topological polar surface area (TPSA) is 15.3 Å². The summed E-state index contributed by atoms with van der Waals surface area (Å²) in [6.45, 7) is 8.36. The first kappa shape index (κ1) is 16.3. The Morgan fingerprint density at radius 1 is 0.850 bits per heavy atom. The Balaban J connectivity index is 1.91. The molecule has 20 heavy (non-hydrogen) atoms. The van der Waals surface area contributed by atoms with Gasteiger partial charge in [0.05, 0.1) is 0 Å². The van der Waals surface area contributed by atoms with Crippen LogP contribution in [0.2, 0.25) is 0 Å². The van der Waals surface area contributed by atoms with E-state index in [1.54, 1.807) is 0 Å². The van der Waals surface area contributed by atoms with E-state index < -0.39 is 0 Å². The number of hydrogen-bond acceptors (Lipinski definition) is 2. The van der Waals surface area contributed by atoms with Gasteiger partial charge in [-0.25, -0.2) is 0 Å². The highest BCUT2D eigenvalue weighted by Gasteiger charge is 2.27. The van der Waals surface area contributed by atoms with Crippen LogP contribution in [0.3, 0.4) is 0 Å². The molecule has 0 heterocycles. The Morgan fingerprint density at radius 2 is 1.50 bits per heavy atom. The summed E-state index contributed by atoms with van der Waals surface area (Å²) in [6, 6.07) is 1.67. The maximum absolute atomic E-state index is 3.78. The average Bonchev–Trinajstić information content (AvgIpc) is 2.71. The minimum Gasteiger partial charge on any atom is -0.314 e. The maximum atomic E-state index is 3.78. The molecule has 2 atom stereocenters. The molecule has 2 aliphatic rings. The molecule has 2 nitrogen and oxygen atoms in total. The molecule has 0 spiro atoms. The van der Waals surface area contributed by atoms with Crippen molar-refractivity contribution in [2.24, 2.45) is 5.92 Å². The van der Waals surface area contributed by atoms with Crippen molar-refractivity contribution < 1.29 is 0 Å². The molecular weight excluding hydrogens is 244 g/mol. The van der Waals surface area contributed by atoms with Crippen LogP contribution in [-0.2, 0) is 0 Å². The fourth-order valence-corrected chi connectivity index (χ4v) is 4.42. The van der Waals surface area contributed by atoms with Gasteiger partial charge in [-0.1, -0.05) is 52.4 Å². The molecule has 0 bridgehead atoms. The Hall–Kier alpha value is -0.0800. The molecule has 2 rings (SSSR count). The summed E-state index contributed by atoms with van der Waals surface area (Å²) < 4.78 is 0. The second-order valence-corrected chi connectivity index (χ2v) is 6.94. The SMILES string of the molecule is CCNC1CCCCCC1CN(CC)C1CCCCC1. The van der Waals surface area contributed by atoms with E-state index in [2.05, 4.69) is 24.1 Å². The summed E-state index contributed by atoms with van der Waals surface area (Å²) in [6.07, 6.45) is 14.5. The van der Waals surface area contributed by atoms with Crippen molar-refractivity contribution in [1.82, 2.24) is 10.2 Å². The van der Waals surface area contributed by atoms with Gasteiger partial charge in [-0.05, 0) is 44.7 Å². The van der Waals surface area contributed by atoms with E-state index in [-0.39, 0.29) is 0 Å². The van der Waals surface area contributed by atoms with Crippen molar-refractivity contribution in [3.63, 3.8) is 0 Å². The molecule has 2 unspecified atom stereocenters. The molecule has 0 radical (unpaired) electrons. The molecular formula is C18H36N2. The standard InChI is InChI=1S/C18H36N2/c1-3-19-18-14-10-5-7-11-16(18)15-20(4-2)17-12-8-6-9-13-17/h16-19H,3-15H2,1-2H3. The lowest BCUT2D eigenvalue weighted by molar-refractivity contribution is 0.124. The van der Waals surface area contributed by atoms with Crippen LogP contribution in [0.4, 0.5) is 0 Å². The number of rotatable bonds is 6. The molecule has 0 aromatic heterocycles. The minimum atomic E-state index is 0.778.